The van der Waals surface area contributed by atoms with Gasteiger partial charge in [-0.05, 0) is 25.0 Å². The summed E-state index contributed by atoms with van der Waals surface area (Å²) < 4.78 is 0. The molecule has 0 saturated heterocycles. The van der Waals surface area contributed by atoms with E-state index in [0.29, 0.717) is 12.0 Å². The van der Waals surface area contributed by atoms with Gasteiger partial charge in [0.1, 0.15) is 6.29 Å². The van der Waals surface area contributed by atoms with E-state index in [1.54, 1.807) is 13.0 Å². The number of carbonyl (C=O) groups is 1. The number of rotatable bonds is 4. The lowest BCUT2D eigenvalue weighted by Crippen LogP contribution is -2.24. The largest absolute Gasteiger partial charge is 0.385 e. The molecule has 0 bridgehead atoms. The van der Waals surface area contributed by atoms with Gasteiger partial charge in [0.25, 0.3) is 0 Å². The third-order valence-corrected chi connectivity index (χ3v) is 3.36. The van der Waals surface area contributed by atoms with Crippen molar-refractivity contribution in [2.24, 2.45) is 0 Å². The Bertz CT molecular complexity index is 571. The number of aldehydes is 1. The summed E-state index contributed by atoms with van der Waals surface area (Å²) in [5.41, 5.74) is 2.48. The van der Waals surface area contributed by atoms with Crippen molar-refractivity contribution in [3.8, 4) is 0 Å². The number of hydrogen-bond acceptors (Lipinski definition) is 2. The minimum Gasteiger partial charge on any atom is -0.385 e. The fourth-order valence-corrected chi connectivity index (χ4v) is 2.27. The second-order valence-electron chi connectivity index (χ2n) is 5.14. The predicted octanol–water partition coefficient (Wildman–Crippen LogP) is 3.26. The summed E-state index contributed by atoms with van der Waals surface area (Å²) in [7, 11) is 0. The van der Waals surface area contributed by atoms with Gasteiger partial charge in [-0.15, -0.1) is 0 Å². The molecule has 98 valence electrons. The summed E-state index contributed by atoms with van der Waals surface area (Å²) in [5.74, 6) is 0. The molecule has 1 unspecified atom stereocenters. The Morgan fingerprint density at radius 1 is 1.16 bits per heavy atom. The Morgan fingerprint density at radius 3 is 2.47 bits per heavy atom. The first-order chi connectivity index (χ1) is 9.03. The van der Waals surface area contributed by atoms with Crippen molar-refractivity contribution < 1.29 is 9.90 Å². The van der Waals surface area contributed by atoms with Crippen LogP contribution in [0.3, 0.4) is 0 Å². The summed E-state index contributed by atoms with van der Waals surface area (Å²) in [6.45, 7) is 3.76. The molecule has 1 N–H and O–H groups in total. The molecule has 0 radical (unpaired) electrons. The molecule has 2 aromatic rings. The number of benzene rings is 2. The zero-order chi connectivity index (χ0) is 13.9. The lowest BCUT2D eigenvalue weighted by Gasteiger charge is -2.24. The van der Waals surface area contributed by atoms with Crippen LogP contribution < -0.4 is 0 Å². The number of aliphatic hydroxyl groups is 1. The van der Waals surface area contributed by atoms with Crippen molar-refractivity contribution in [2.75, 3.05) is 0 Å². The summed E-state index contributed by atoms with van der Waals surface area (Å²) in [4.78, 5) is 11.1. The number of carbonyl (C=O) groups excluding carboxylic acids is 1. The average molecular weight is 254 g/mol. The van der Waals surface area contributed by atoms with Crippen molar-refractivity contribution in [3.05, 3.63) is 70.8 Å². The third-order valence-electron chi connectivity index (χ3n) is 3.36. The number of aryl methyl sites for hydroxylation is 1. The first kappa shape index (κ1) is 13.5. The average Bonchev–Trinajstić information content (AvgIpc) is 2.39. The third kappa shape index (κ3) is 3.09. The lowest BCUT2D eigenvalue weighted by molar-refractivity contribution is 0.0574. The summed E-state index contributed by atoms with van der Waals surface area (Å²) in [6, 6.07) is 15.2. The molecular weight excluding hydrogens is 236 g/mol. The van der Waals surface area contributed by atoms with Gasteiger partial charge in [-0.2, -0.15) is 0 Å². The second kappa shape index (κ2) is 5.37. The maximum atomic E-state index is 11.1. The minimum absolute atomic E-state index is 0.423. The predicted molar refractivity (Wildman–Crippen MR) is 76.3 cm³/mol. The van der Waals surface area contributed by atoms with Crippen LogP contribution in [-0.2, 0) is 12.0 Å². The molecule has 0 heterocycles. The molecule has 19 heavy (non-hydrogen) atoms. The van der Waals surface area contributed by atoms with Crippen LogP contribution >= 0.6 is 0 Å². The van der Waals surface area contributed by atoms with Crippen molar-refractivity contribution in [2.45, 2.75) is 25.9 Å². The van der Waals surface area contributed by atoms with Gasteiger partial charge >= 0.3 is 0 Å². The van der Waals surface area contributed by atoms with Gasteiger partial charge < -0.3 is 5.11 Å². The topological polar surface area (TPSA) is 37.3 Å². The van der Waals surface area contributed by atoms with E-state index in [1.807, 2.05) is 49.4 Å². The molecule has 0 saturated carbocycles. The molecular formula is C17H18O2. The van der Waals surface area contributed by atoms with Crippen LogP contribution in [-0.4, -0.2) is 11.4 Å². The van der Waals surface area contributed by atoms with Gasteiger partial charge in [-0.3, -0.25) is 4.79 Å². The van der Waals surface area contributed by atoms with Crippen LogP contribution in [0.25, 0.3) is 0 Å². The van der Waals surface area contributed by atoms with E-state index in [1.165, 1.54) is 0 Å². The van der Waals surface area contributed by atoms with Crippen molar-refractivity contribution >= 4 is 6.29 Å². The molecule has 0 aliphatic heterocycles. The van der Waals surface area contributed by atoms with E-state index in [4.69, 9.17) is 0 Å². The van der Waals surface area contributed by atoms with Crippen molar-refractivity contribution in [3.63, 3.8) is 0 Å². The zero-order valence-corrected chi connectivity index (χ0v) is 11.3. The van der Waals surface area contributed by atoms with Gasteiger partial charge in [-0.1, -0.05) is 54.1 Å². The van der Waals surface area contributed by atoms with Gasteiger partial charge in [-0.25, -0.2) is 0 Å². The maximum Gasteiger partial charge on any atom is 0.150 e. The first-order valence-corrected chi connectivity index (χ1v) is 6.35. The molecule has 0 spiro atoms. The van der Waals surface area contributed by atoms with Crippen LogP contribution in [0.1, 0.15) is 34.0 Å². The van der Waals surface area contributed by atoms with Gasteiger partial charge in [0.15, 0.2) is 0 Å². The molecule has 1 atom stereocenters. The minimum atomic E-state index is -0.979. The van der Waals surface area contributed by atoms with E-state index >= 15 is 0 Å². The molecule has 0 aliphatic carbocycles. The Morgan fingerprint density at radius 2 is 1.84 bits per heavy atom. The Kier molecular flexibility index (Phi) is 3.82. The van der Waals surface area contributed by atoms with E-state index in [-0.39, 0.29) is 0 Å². The quantitative estimate of drug-likeness (QED) is 0.850. The van der Waals surface area contributed by atoms with Gasteiger partial charge in [0, 0.05) is 12.0 Å². The molecule has 2 rings (SSSR count). The maximum absolute atomic E-state index is 11.1. The fourth-order valence-electron chi connectivity index (χ4n) is 2.27. The van der Waals surface area contributed by atoms with E-state index in [0.717, 1.165) is 23.0 Å². The molecule has 0 amide bonds. The zero-order valence-electron chi connectivity index (χ0n) is 11.3. The highest BCUT2D eigenvalue weighted by Crippen LogP contribution is 2.26. The number of hydrogen-bond donors (Lipinski definition) is 1. The Balaban J connectivity index is 2.35. The molecule has 2 aromatic carbocycles. The van der Waals surface area contributed by atoms with Crippen LogP contribution in [0.15, 0.2) is 48.5 Å². The van der Waals surface area contributed by atoms with Crippen molar-refractivity contribution in [1.82, 2.24) is 0 Å². The summed E-state index contributed by atoms with van der Waals surface area (Å²) >= 11 is 0. The van der Waals surface area contributed by atoms with Gasteiger partial charge in [0.05, 0.1) is 5.60 Å². The van der Waals surface area contributed by atoms with E-state index in [2.05, 4.69) is 0 Å². The molecule has 2 nitrogen and oxygen atoms in total. The van der Waals surface area contributed by atoms with E-state index < -0.39 is 5.60 Å². The van der Waals surface area contributed by atoms with Crippen LogP contribution in [0, 0.1) is 6.92 Å². The first-order valence-electron chi connectivity index (χ1n) is 6.35. The van der Waals surface area contributed by atoms with Gasteiger partial charge in [0.2, 0.25) is 0 Å². The smallest absolute Gasteiger partial charge is 0.150 e. The fraction of sp³-hybridized carbons (Fsp3) is 0.235. The molecule has 2 heteroatoms. The standard InChI is InChI=1S/C17H18O2/c1-13-8-9-14(12-18)15(10-13)11-17(2,19)16-6-4-3-5-7-16/h3-10,12,19H,11H2,1-2H3. The summed E-state index contributed by atoms with van der Waals surface area (Å²) in [5, 5.41) is 10.6. The SMILES string of the molecule is Cc1ccc(C=O)c(CC(C)(O)c2ccccc2)c1. The highest BCUT2D eigenvalue weighted by molar-refractivity contribution is 5.77. The van der Waals surface area contributed by atoms with Crippen LogP contribution in [0.5, 0.6) is 0 Å². The lowest BCUT2D eigenvalue weighted by atomic mass is 9.87. The molecule has 0 fully saturated rings. The Hall–Kier alpha value is -1.93. The highest BCUT2D eigenvalue weighted by atomic mass is 16.3. The molecule has 0 aromatic heterocycles. The van der Waals surface area contributed by atoms with E-state index in [9.17, 15) is 9.90 Å². The Labute approximate surface area is 113 Å². The van der Waals surface area contributed by atoms with Crippen LogP contribution in [0.4, 0.5) is 0 Å². The summed E-state index contributed by atoms with van der Waals surface area (Å²) in [6.07, 6.45) is 1.27. The highest BCUT2D eigenvalue weighted by Gasteiger charge is 2.24. The molecule has 0 aliphatic rings. The second-order valence-corrected chi connectivity index (χ2v) is 5.14. The van der Waals surface area contributed by atoms with Crippen molar-refractivity contribution in [1.29, 1.82) is 0 Å². The normalized spacial score (nSPS) is 13.8. The monoisotopic (exact) mass is 254 g/mol. The van der Waals surface area contributed by atoms with Crippen LogP contribution in [0.2, 0.25) is 0 Å².